The highest BCUT2D eigenvalue weighted by atomic mass is 32.1. The molecule has 6 heteroatoms. The molecule has 0 aliphatic carbocycles. The van der Waals surface area contributed by atoms with E-state index in [9.17, 15) is 9.59 Å². The van der Waals surface area contributed by atoms with Crippen LogP contribution < -0.4 is 10.2 Å². The summed E-state index contributed by atoms with van der Waals surface area (Å²) in [6, 6.07) is 36.2. The lowest BCUT2D eigenvalue weighted by Crippen LogP contribution is -2.54. The number of anilines is 1. The van der Waals surface area contributed by atoms with Gasteiger partial charge >= 0.3 is 0 Å². The van der Waals surface area contributed by atoms with Gasteiger partial charge in [-0.05, 0) is 91.7 Å². The zero-order valence-corrected chi connectivity index (χ0v) is 24.4. The Morgan fingerprint density at radius 1 is 0.690 bits per heavy atom. The second-order valence-corrected chi connectivity index (χ2v) is 10.8. The zero-order chi connectivity index (χ0) is 29.4. The molecule has 1 saturated heterocycles. The number of thiocarbonyl (C=S) groups is 1. The van der Waals surface area contributed by atoms with E-state index >= 15 is 0 Å². The van der Waals surface area contributed by atoms with Crippen molar-refractivity contribution in [1.82, 2.24) is 9.88 Å². The SMILES string of the molecule is Cc1ccc(-n2c(-c3ccccc3)cc(C=C3C(=O)NC(=S)N(c4ccc(C)c(C)c4)C3=O)c2-c2ccccc2)cc1. The molecule has 42 heavy (non-hydrogen) atoms. The summed E-state index contributed by atoms with van der Waals surface area (Å²) in [7, 11) is 0. The predicted molar refractivity (Wildman–Crippen MR) is 173 cm³/mol. The highest BCUT2D eigenvalue weighted by molar-refractivity contribution is 7.80. The van der Waals surface area contributed by atoms with Gasteiger partial charge in [0.2, 0.25) is 0 Å². The van der Waals surface area contributed by atoms with Crippen LogP contribution >= 0.6 is 12.2 Å². The van der Waals surface area contributed by atoms with Gasteiger partial charge < -0.3 is 4.57 Å². The maximum atomic E-state index is 14.0. The Morgan fingerprint density at radius 3 is 1.95 bits per heavy atom. The Labute approximate surface area is 250 Å². The minimum atomic E-state index is -0.520. The van der Waals surface area contributed by atoms with Gasteiger partial charge in [-0.3, -0.25) is 19.8 Å². The molecule has 0 unspecified atom stereocenters. The Balaban J connectivity index is 1.59. The number of aryl methyl sites for hydroxylation is 3. The average Bonchev–Trinajstić information content (AvgIpc) is 3.37. The Hall–Kier alpha value is -5.07. The minimum absolute atomic E-state index is 0.0136. The van der Waals surface area contributed by atoms with Crippen LogP contribution in [-0.4, -0.2) is 21.5 Å². The molecule has 0 radical (unpaired) electrons. The van der Waals surface area contributed by atoms with Crippen LogP contribution in [0.4, 0.5) is 5.69 Å². The number of amides is 2. The fraction of sp³-hybridized carbons (Fsp3) is 0.0833. The van der Waals surface area contributed by atoms with E-state index in [0.717, 1.165) is 50.5 Å². The number of benzene rings is 4. The summed E-state index contributed by atoms with van der Waals surface area (Å²) in [5.74, 6) is -0.983. The van der Waals surface area contributed by atoms with Gasteiger partial charge in [-0.25, -0.2) is 0 Å². The standard InChI is InChI=1S/C36H29N3O2S/c1-23-14-17-29(18-15-23)38-32(26-10-6-4-7-11-26)22-28(33(38)27-12-8-5-9-13-27)21-31-34(40)37-36(42)39(35(31)41)30-19-16-24(2)25(3)20-30/h4-22H,1-3H3,(H,37,40,42). The molecule has 1 fully saturated rings. The Morgan fingerprint density at radius 2 is 1.31 bits per heavy atom. The molecule has 1 aromatic heterocycles. The third-order valence-corrected chi connectivity index (χ3v) is 7.87. The highest BCUT2D eigenvalue weighted by Gasteiger charge is 2.35. The van der Waals surface area contributed by atoms with Crippen LogP contribution in [0, 0.1) is 20.8 Å². The minimum Gasteiger partial charge on any atom is -0.309 e. The topological polar surface area (TPSA) is 54.3 Å². The number of nitrogens with zero attached hydrogens (tertiary/aromatic N) is 2. The van der Waals surface area contributed by atoms with Gasteiger partial charge in [0.1, 0.15) is 5.57 Å². The maximum absolute atomic E-state index is 14.0. The third kappa shape index (κ3) is 4.97. The summed E-state index contributed by atoms with van der Waals surface area (Å²) in [5.41, 5.74) is 9.41. The van der Waals surface area contributed by atoms with Gasteiger partial charge in [-0.15, -0.1) is 0 Å². The van der Waals surface area contributed by atoms with E-state index in [-0.39, 0.29) is 10.7 Å². The molecule has 4 aromatic carbocycles. The first kappa shape index (κ1) is 27.1. The molecule has 0 spiro atoms. The maximum Gasteiger partial charge on any atom is 0.270 e. The van der Waals surface area contributed by atoms with Crippen LogP contribution in [0.3, 0.4) is 0 Å². The first-order chi connectivity index (χ1) is 20.3. The lowest BCUT2D eigenvalue weighted by molar-refractivity contribution is -0.122. The average molecular weight is 568 g/mol. The van der Waals surface area contributed by atoms with E-state index < -0.39 is 11.8 Å². The van der Waals surface area contributed by atoms with Gasteiger partial charge in [0.25, 0.3) is 11.8 Å². The van der Waals surface area contributed by atoms with Crippen molar-refractivity contribution in [2.45, 2.75) is 20.8 Å². The van der Waals surface area contributed by atoms with Crippen LogP contribution in [0.25, 0.3) is 34.3 Å². The fourth-order valence-corrected chi connectivity index (χ4v) is 5.51. The number of rotatable bonds is 5. The highest BCUT2D eigenvalue weighted by Crippen LogP contribution is 2.38. The molecule has 0 saturated carbocycles. The summed E-state index contributed by atoms with van der Waals surface area (Å²) < 4.78 is 2.19. The van der Waals surface area contributed by atoms with E-state index in [1.54, 1.807) is 6.08 Å². The molecule has 0 atom stereocenters. The molecule has 206 valence electrons. The predicted octanol–water partition coefficient (Wildman–Crippen LogP) is 7.57. The van der Waals surface area contributed by atoms with E-state index in [0.29, 0.717) is 5.69 Å². The Bertz CT molecular complexity index is 1870. The van der Waals surface area contributed by atoms with Crippen LogP contribution in [0.15, 0.2) is 115 Å². The quantitative estimate of drug-likeness (QED) is 0.135. The molecule has 5 nitrogen and oxygen atoms in total. The van der Waals surface area contributed by atoms with Crippen LogP contribution in [0.1, 0.15) is 22.3 Å². The van der Waals surface area contributed by atoms with E-state index in [2.05, 4.69) is 53.2 Å². The molecular formula is C36H29N3O2S. The van der Waals surface area contributed by atoms with Gasteiger partial charge in [0.05, 0.1) is 17.1 Å². The van der Waals surface area contributed by atoms with Crippen LogP contribution in [-0.2, 0) is 9.59 Å². The third-order valence-electron chi connectivity index (χ3n) is 7.59. The smallest absolute Gasteiger partial charge is 0.270 e. The zero-order valence-electron chi connectivity index (χ0n) is 23.6. The monoisotopic (exact) mass is 567 g/mol. The van der Waals surface area contributed by atoms with Crippen LogP contribution in [0.5, 0.6) is 0 Å². The van der Waals surface area contributed by atoms with Crippen molar-refractivity contribution in [2.24, 2.45) is 0 Å². The summed E-state index contributed by atoms with van der Waals surface area (Å²) in [5, 5.41) is 2.80. The van der Waals surface area contributed by atoms with Crippen molar-refractivity contribution in [3.8, 4) is 28.2 Å². The molecule has 1 aliphatic heterocycles. The largest absolute Gasteiger partial charge is 0.309 e. The number of carbonyl (C=O) groups excluding carboxylic acids is 2. The summed E-state index contributed by atoms with van der Waals surface area (Å²) in [4.78, 5) is 28.7. The number of nitrogens with one attached hydrogen (secondary N) is 1. The number of carbonyl (C=O) groups is 2. The second-order valence-electron chi connectivity index (χ2n) is 10.5. The van der Waals surface area contributed by atoms with Gasteiger partial charge in [0.15, 0.2) is 5.11 Å². The molecule has 2 amide bonds. The molecule has 0 bridgehead atoms. The summed E-state index contributed by atoms with van der Waals surface area (Å²) in [6.07, 6.45) is 1.69. The van der Waals surface area contributed by atoms with Gasteiger partial charge in [-0.1, -0.05) is 84.4 Å². The van der Waals surface area contributed by atoms with Crippen molar-refractivity contribution in [3.05, 3.63) is 137 Å². The molecule has 1 N–H and O–H groups in total. The van der Waals surface area contributed by atoms with E-state index in [1.807, 2.05) is 86.6 Å². The summed E-state index contributed by atoms with van der Waals surface area (Å²) in [6.45, 7) is 6.05. The van der Waals surface area contributed by atoms with E-state index in [1.165, 1.54) is 4.90 Å². The van der Waals surface area contributed by atoms with E-state index in [4.69, 9.17) is 12.2 Å². The van der Waals surface area contributed by atoms with Crippen molar-refractivity contribution in [2.75, 3.05) is 4.90 Å². The molecule has 5 aromatic rings. The van der Waals surface area contributed by atoms with Gasteiger partial charge in [0, 0.05) is 11.3 Å². The molecule has 6 rings (SSSR count). The molecule has 1 aliphatic rings. The van der Waals surface area contributed by atoms with Gasteiger partial charge in [-0.2, -0.15) is 0 Å². The Kier molecular flexibility index (Phi) is 7.15. The van der Waals surface area contributed by atoms with Crippen molar-refractivity contribution < 1.29 is 9.59 Å². The normalized spacial score (nSPS) is 14.4. The molecule has 2 heterocycles. The lowest BCUT2D eigenvalue weighted by Gasteiger charge is -2.29. The van der Waals surface area contributed by atoms with Crippen LogP contribution in [0.2, 0.25) is 0 Å². The lowest BCUT2D eigenvalue weighted by atomic mass is 10.0. The van der Waals surface area contributed by atoms with Crippen molar-refractivity contribution in [1.29, 1.82) is 0 Å². The van der Waals surface area contributed by atoms with Crippen molar-refractivity contribution >= 4 is 40.9 Å². The first-order valence-electron chi connectivity index (χ1n) is 13.7. The fourth-order valence-electron chi connectivity index (χ4n) is 5.23. The first-order valence-corrected chi connectivity index (χ1v) is 14.1. The second kappa shape index (κ2) is 11.1. The van der Waals surface area contributed by atoms with Crippen molar-refractivity contribution in [3.63, 3.8) is 0 Å². The number of aromatic nitrogens is 1. The number of hydrogen-bond donors (Lipinski definition) is 1. The number of hydrogen-bond acceptors (Lipinski definition) is 3. The summed E-state index contributed by atoms with van der Waals surface area (Å²) >= 11 is 5.46. The molecular weight excluding hydrogens is 538 g/mol.